The zero-order valence-corrected chi connectivity index (χ0v) is 7.83. The van der Waals surface area contributed by atoms with E-state index in [4.69, 9.17) is 0 Å². The van der Waals surface area contributed by atoms with E-state index in [9.17, 15) is 4.79 Å². The minimum Gasteiger partial charge on any atom is -0.367 e. The lowest BCUT2D eigenvalue weighted by molar-refractivity contribution is -0.114. The summed E-state index contributed by atoms with van der Waals surface area (Å²) in [6.45, 7) is 8.94. The van der Waals surface area contributed by atoms with Crippen LogP contribution in [0.15, 0.2) is 37.1 Å². The zero-order chi connectivity index (χ0) is 9.68. The summed E-state index contributed by atoms with van der Waals surface area (Å²) in [5, 5.41) is 0. The van der Waals surface area contributed by atoms with E-state index in [1.807, 2.05) is 12.2 Å². The van der Waals surface area contributed by atoms with Gasteiger partial charge < -0.3 is 4.90 Å². The molecule has 13 heavy (non-hydrogen) atoms. The molecule has 2 nitrogen and oxygen atoms in total. The summed E-state index contributed by atoms with van der Waals surface area (Å²) in [6.07, 6.45) is 6.92. The summed E-state index contributed by atoms with van der Waals surface area (Å²) in [5.74, 6) is 0.230. The number of rotatable bonds is 5. The van der Waals surface area contributed by atoms with E-state index in [-0.39, 0.29) is 5.78 Å². The molecule has 0 saturated heterocycles. The van der Waals surface area contributed by atoms with Gasteiger partial charge in [-0.3, -0.25) is 4.79 Å². The topological polar surface area (TPSA) is 20.3 Å². The minimum absolute atomic E-state index is 0.230. The Morgan fingerprint density at radius 1 is 1.31 bits per heavy atom. The largest absolute Gasteiger partial charge is 0.367 e. The molecule has 0 heterocycles. The normalized spacial score (nSPS) is 15.4. The Morgan fingerprint density at radius 2 is 1.92 bits per heavy atom. The summed E-state index contributed by atoms with van der Waals surface area (Å²) in [5.41, 5.74) is 1.12. The molecule has 1 aliphatic carbocycles. The van der Waals surface area contributed by atoms with Gasteiger partial charge in [0.05, 0.1) is 0 Å². The summed E-state index contributed by atoms with van der Waals surface area (Å²) in [7, 11) is 0. The zero-order valence-electron chi connectivity index (χ0n) is 7.83. The maximum Gasteiger partial charge on any atom is 0.157 e. The third kappa shape index (κ3) is 2.58. The van der Waals surface area contributed by atoms with E-state index in [1.165, 1.54) is 0 Å². The van der Waals surface area contributed by atoms with Gasteiger partial charge >= 0.3 is 0 Å². The third-order valence-electron chi connectivity index (χ3n) is 2.06. The molecule has 0 spiro atoms. The molecule has 0 aliphatic heterocycles. The average Bonchev–Trinajstić information content (AvgIpc) is 2.51. The number of hydrogen-bond acceptors (Lipinski definition) is 2. The van der Waals surface area contributed by atoms with Crippen LogP contribution in [0.5, 0.6) is 0 Å². The van der Waals surface area contributed by atoms with Crippen LogP contribution < -0.4 is 0 Å². The predicted octanol–water partition coefficient (Wildman–Crippen LogP) is 1.91. The molecule has 70 valence electrons. The van der Waals surface area contributed by atoms with Gasteiger partial charge in [-0.1, -0.05) is 12.2 Å². The highest BCUT2D eigenvalue weighted by atomic mass is 16.1. The second-order valence-corrected chi connectivity index (χ2v) is 3.08. The quantitative estimate of drug-likeness (QED) is 0.598. The van der Waals surface area contributed by atoms with Crippen molar-refractivity contribution in [3.05, 3.63) is 37.1 Å². The number of nitrogens with zero attached hydrogens (tertiary/aromatic N) is 1. The highest BCUT2D eigenvalue weighted by Crippen LogP contribution is 2.18. The maximum atomic E-state index is 11.0. The molecule has 1 rings (SSSR count). The number of hydrogen-bond donors (Lipinski definition) is 0. The maximum absolute atomic E-state index is 11.0. The van der Waals surface area contributed by atoms with Crippen molar-refractivity contribution in [2.45, 2.75) is 12.8 Å². The lowest BCUT2D eigenvalue weighted by Crippen LogP contribution is -2.22. The number of ketones is 1. The van der Waals surface area contributed by atoms with E-state index in [1.54, 1.807) is 6.08 Å². The third-order valence-corrected chi connectivity index (χ3v) is 2.06. The molecule has 0 bridgehead atoms. The van der Waals surface area contributed by atoms with Crippen LogP contribution in [-0.4, -0.2) is 23.8 Å². The first-order valence-electron chi connectivity index (χ1n) is 4.48. The van der Waals surface area contributed by atoms with Crippen molar-refractivity contribution in [2.24, 2.45) is 0 Å². The van der Waals surface area contributed by atoms with Crippen LogP contribution in [0.1, 0.15) is 12.8 Å². The van der Waals surface area contributed by atoms with Gasteiger partial charge in [-0.15, -0.1) is 13.2 Å². The van der Waals surface area contributed by atoms with Crippen LogP contribution in [0.2, 0.25) is 0 Å². The monoisotopic (exact) mass is 177 g/mol. The van der Waals surface area contributed by atoms with Crippen LogP contribution >= 0.6 is 0 Å². The molecular weight excluding hydrogens is 162 g/mol. The second kappa shape index (κ2) is 4.65. The lowest BCUT2D eigenvalue weighted by Gasteiger charge is -2.22. The molecule has 0 aromatic heterocycles. The lowest BCUT2D eigenvalue weighted by atomic mass is 10.3. The smallest absolute Gasteiger partial charge is 0.157 e. The van der Waals surface area contributed by atoms with Gasteiger partial charge in [-0.05, 0) is 6.42 Å². The molecular formula is C11H15NO. The van der Waals surface area contributed by atoms with Crippen molar-refractivity contribution in [2.75, 3.05) is 13.1 Å². The number of carbonyl (C=O) groups excluding carboxylic acids is 1. The van der Waals surface area contributed by atoms with E-state index >= 15 is 0 Å². The standard InChI is InChI=1S/C11H15NO/c1-3-7-12(8-4-2)10-5-6-11(13)9-10/h3-4,9H,1-2,5-8H2. The predicted molar refractivity (Wildman–Crippen MR) is 54.3 cm³/mol. The van der Waals surface area contributed by atoms with Crippen molar-refractivity contribution in [1.29, 1.82) is 0 Å². The van der Waals surface area contributed by atoms with Gasteiger partial charge in [0.15, 0.2) is 5.78 Å². The van der Waals surface area contributed by atoms with Crippen LogP contribution in [0, 0.1) is 0 Å². The van der Waals surface area contributed by atoms with E-state index in [0.29, 0.717) is 6.42 Å². The highest BCUT2D eigenvalue weighted by molar-refractivity contribution is 5.92. The molecule has 0 saturated carbocycles. The summed E-state index contributed by atoms with van der Waals surface area (Å²) >= 11 is 0. The summed E-state index contributed by atoms with van der Waals surface area (Å²) in [4.78, 5) is 13.1. The Balaban J connectivity index is 2.63. The Labute approximate surface area is 79.2 Å². The van der Waals surface area contributed by atoms with Crippen LogP contribution in [0.4, 0.5) is 0 Å². The van der Waals surface area contributed by atoms with Crippen molar-refractivity contribution in [1.82, 2.24) is 4.90 Å². The SMILES string of the molecule is C=CCN(CC=C)C1=CC(=O)CC1. The molecule has 0 N–H and O–H groups in total. The Morgan fingerprint density at radius 3 is 2.31 bits per heavy atom. The van der Waals surface area contributed by atoms with Gasteiger partial charge in [-0.2, -0.15) is 0 Å². The van der Waals surface area contributed by atoms with Crippen LogP contribution in [0.25, 0.3) is 0 Å². The summed E-state index contributed by atoms with van der Waals surface area (Å²) in [6, 6.07) is 0. The van der Waals surface area contributed by atoms with Crippen molar-refractivity contribution in [3.63, 3.8) is 0 Å². The Kier molecular flexibility index (Phi) is 3.50. The molecule has 1 aliphatic rings. The fraction of sp³-hybridized carbons (Fsp3) is 0.364. The number of carbonyl (C=O) groups is 1. The molecule has 0 fully saturated rings. The molecule has 0 amide bonds. The molecule has 0 aromatic rings. The van der Waals surface area contributed by atoms with Gasteiger partial charge in [0, 0.05) is 31.3 Å². The van der Waals surface area contributed by atoms with Gasteiger partial charge in [0.2, 0.25) is 0 Å². The van der Waals surface area contributed by atoms with Crippen molar-refractivity contribution < 1.29 is 4.79 Å². The fourth-order valence-corrected chi connectivity index (χ4v) is 1.45. The second-order valence-electron chi connectivity index (χ2n) is 3.08. The first-order valence-corrected chi connectivity index (χ1v) is 4.48. The number of allylic oxidation sites excluding steroid dienone is 2. The molecule has 0 unspecified atom stereocenters. The summed E-state index contributed by atoms with van der Waals surface area (Å²) < 4.78 is 0. The van der Waals surface area contributed by atoms with Crippen molar-refractivity contribution >= 4 is 5.78 Å². The first kappa shape index (κ1) is 9.78. The fourth-order valence-electron chi connectivity index (χ4n) is 1.45. The highest BCUT2D eigenvalue weighted by Gasteiger charge is 2.15. The Bertz CT molecular complexity index is 243. The van der Waals surface area contributed by atoms with Crippen molar-refractivity contribution in [3.8, 4) is 0 Å². The van der Waals surface area contributed by atoms with E-state index in [0.717, 1.165) is 25.2 Å². The van der Waals surface area contributed by atoms with Crippen LogP contribution in [0.3, 0.4) is 0 Å². The first-order chi connectivity index (χ1) is 6.27. The molecule has 0 aromatic carbocycles. The van der Waals surface area contributed by atoms with Gasteiger partial charge in [-0.25, -0.2) is 0 Å². The minimum atomic E-state index is 0.230. The molecule has 0 atom stereocenters. The van der Waals surface area contributed by atoms with Crippen LogP contribution in [-0.2, 0) is 4.79 Å². The molecule has 0 radical (unpaired) electrons. The Hall–Kier alpha value is -1.31. The van der Waals surface area contributed by atoms with E-state index < -0.39 is 0 Å². The molecule has 2 heteroatoms. The van der Waals surface area contributed by atoms with E-state index in [2.05, 4.69) is 18.1 Å². The average molecular weight is 177 g/mol. The van der Waals surface area contributed by atoms with Gasteiger partial charge in [0.25, 0.3) is 0 Å². The van der Waals surface area contributed by atoms with Gasteiger partial charge in [0.1, 0.15) is 0 Å².